The summed E-state index contributed by atoms with van der Waals surface area (Å²) in [6.45, 7) is 3.81. The Morgan fingerprint density at radius 3 is 2.48 bits per heavy atom. The van der Waals surface area contributed by atoms with E-state index in [1.54, 1.807) is 12.1 Å². The van der Waals surface area contributed by atoms with E-state index in [-0.39, 0.29) is 5.28 Å². The van der Waals surface area contributed by atoms with E-state index in [0.717, 1.165) is 11.3 Å². The van der Waals surface area contributed by atoms with Gasteiger partial charge in [-0.25, -0.2) is 19.3 Å². The second-order valence-electron chi connectivity index (χ2n) is 4.72. The van der Waals surface area contributed by atoms with Gasteiger partial charge in [0.25, 0.3) is 0 Å². The van der Waals surface area contributed by atoms with E-state index in [0.29, 0.717) is 27.3 Å². The standard InChI is InChI=1S/C15H10Cl2FN3/c1-7-5-12-14(19-8(7)2)13(21-15(17)20-12)10-4-3-9(16)6-11(10)18/h3-6H,1-2H3. The topological polar surface area (TPSA) is 38.7 Å². The van der Waals surface area contributed by atoms with Gasteiger partial charge in [0, 0.05) is 16.3 Å². The molecule has 3 aromatic rings. The van der Waals surface area contributed by atoms with Crippen LogP contribution >= 0.6 is 23.2 Å². The fourth-order valence-electron chi connectivity index (χ4n) is 2.09. The van der Waals surface area contributed by atoms with Gasteiger partial charge in [-0.05, 0) is 55.3 Å². The summed E-state index contributed by atoms with van der Waals surface area (Å²) in [6, 6.07) is 6.26. The Bertz CT molecular complexity index is 865. The van der Waals surface area contributed by atoms with Crippen LogP contribution in [0.15, 0.2) is 24.3 Å². The first-order valence-corrected chi connectivity index (χ1v) is 6.98. The van der Waals surface area contributed by atoms with Crippen LogP contribution in [0.3, 0.4) is 0 Å². The van der Waals surface area contributed by atoms with Gasteiger partial charge in [0.05, 0.1) is 5.52 Å². The average molecular weight is 322 g/mol. The maximum atomic E-state index is 14.2. The molecule has 0 aliphatic carbocycles. The van der Waals surface area contributed by atoms with Crippen LogP contribution in [0.5, 0.6) is 0 Å². The van der Waals surface area contributed by atoms with E-state index < -0.39 is 5.82 Å². The van der Waals surface area contributed by atoms with Crippen LogP contribution < -0.4 is 0 Å². The van der Waals surface area contributed by atoms with Gasteiger partial charge in [-0.1, -0.05) is 11.6 Å². The fourth-order valence-corrected chi connectivity index (χ4v) is 2.42. The molecule has 0 saturated carbocycles. The van der Waals surface area contributed by atoms with Crippen LogP contribution in [0.2, 0.25) is 10.3 Å². The van der Waals surface area contributed by atoms with Crippen molar-refractivity contribution in [3.05, 3.63) is 51.6 Å². The maximum absolute atomic E-state index is 14.2. The maximum Gasteiger partial charge on any atom is 0.223 e. The van der Waals surface area contributed by atoms with Gasteiger partial charge in [-0.15, -0.1) is 0 Å². The molecule has 2 heterocycles. The van der Waals surface area contributed by atoms with E-state index in [1.807, 2.05) is 19.9 Å². The van der Waals surface area contributed by atoms with Crippen LogP contribution in [0.1, 0.15) is 11.3 Å². The van der Waals surface area contributed by atoms with Crippen LogP contribution in [0, 0.1) is 19.7 Å². The number of hydrogen-bond donors (Lipinski definition) is 0. The van der Waals surface area contributed by atoms with Gasteiger partial charge in [-0.3, -0.25) is 0 Å². The van der Waals surface area contributed by atoms with Crippen LogP contribution in [0.25, 0.3) is 22.3 Å². The molecule has 3 rings (SSSR count). The molecule has 0 aliphatic rings. The number of rotatable bonds is 1. The first-order valence-electron chi connectivity index (χ1n) is 6.22. The van der Waals surface area contributed by atoms with Gasteiger partial charge in [-0.2, -0.15) is 0 Å². The predicted molar refractivity (Wildman–Crippen MR) is 82.2 cm³/mol. The van der Waals surface area contributed by atoms with Gasteiger partial charge >= 0.3 is 0 Å². The molecule has 0 amide bonds. The molecule has 0 N–H and O–H groups in total. The van der Waals surface area contributed by atoms with Crippen molar-refractivity contribution in [2.24, 2.45) is 0 Å². The summed E-state index contributed by atoms with van der Waals surface area (Å²) in [4.78, 5) is 12.8. The fraction of sp³-hybridized carbons (Fsp3) is 0.133. The SMILES string of the molecule is Cc1cc2nc(Cl)nc(-c3ccc(Cl)cc3F)c2nc1C. The van der Waals surface area contributed by atoms with E-state index in [1.165, 1.54) is 6.07 Å². The minimum absolute atomic E-state index is 0.0527. The second-order valence-corrected chi connectivity index (χ2v) is 5.50. The Hall–Kier alpha value is -1.78. The quantitative estimate of drug-likeness (QED) is 0.607. The largest absolute Gasteiger partial charge is 0.249 e. The molecule has 3 nitrogen and oxygen atoms in total. The van der Waals surface area contributed by atoms with Gasteiger partial charge in [0.1, 0.15) is 17.0 Å². The number of hydrogen-bond acceptors (Lipinski definition) is 3. The summed E-state index contributed by atoms with van der Waals surface area (Å²) in [5.41, 5.74) is 3.58. The molecule has 0 spiro atoms. The van der Waals surface area contributed by atoms with Crippen molar-refractivity contribution in [1.29, 1.82) is 0 Å². The highest BCUT2D eigenvalue weighted by molar-refractivity contribution is 6.30. The third-order valence-corrected chi connectivity index (χ3v) is 3.68. The third-order valence-electron chi connectivity index (χ3n) is 3.27. The van der Waals surface area contributed by atoms with E-state index in [2.05, 4.69) is 15.0 Å². The minimum atomic E-state index is -0.474. The molecule has 21 heavy (non-hydrogen) atoms. The number of aryl methyl sites for hydroxylation is 2. The monoisotopic (exact) mass is 321 g/mol. The number of halogens is 3. The Balaban J connectivity index is 2.38. The van der Waals surface area contributed by atoms with Gasteiger partial charge in [0.2, 0.25) is 5.28 Å². The molecule has 1 aromatic carbocycles. The molecule has 0 bridgehead atoms. The van der Waals surface area contributed by atoms with Crippen LogP contribution in [-0.4, -0.2) is 15.0 Å². The zero-order chi connectivity index (χ0) is 15.1. The molecule has 2 aromatic heterocycles. The number of aromatic nitrogens is 3. The molecule has 106 valence electrons. The second kappa shape index (κ2) is 5.20. The third kappa shape index (κ3) is 2.57. The number of benzene rings is 1. The lowest BCUT2D eigenvalue weighted by atomic mass is 10.1. The lowest BCUT2D eigenvalue weighted by Gasteiger charge is -2.09. The van der Waals surface area contributed by atoms with Crippen LogP contribution in [-0.2, 0) is 0 Å². The van der Waals surface area contributed by atoms with Crippen molar-refractivity contribution >= 4 is 34.2 Å². The summed E-state index contributed by atoms with van der Waals surface area (Å²) >= 11 is 11.7. The van der Waals surface area contributed by atoms with Crippen molar-refractivity contribution < 1.29 is 4.39 Å². The molecular weight excluding hydrogens is 312 g/mol. The first-order chi connectivity index (χ1) is 9.95. The number of pyridine rings is 1. The average Bonchev–Trinajstić information content (AvgIpc) is 2.40. The highest BCUT2D eigenvalue weighted by Crippen LogP contribution is 2.30. The van der Waals surface area contributed by atoms with Crippen LogP contribution in [0.4, 0.5) is 4.39 Å². The summed E-state index contributed by atoms with van der Waals surface area (Å²) in [7, 11) is 0. The van der Waals surface area contributed by atoms with Crippen molar-refractivity contribution in [2.45, 2.75) is 13.8 Å². The highest BCUT2D eigenvalue weighted by atomic mass is 35.5. The van der Waals surface area contributed by atoms with Gasteiger partial charge in [0.15, 0.2) is 0 Å². The summed E-state index contributed by atoms with van der Waals surface area (Å²) < 4.78 is 14.2. The van der Waals surface area contributed by atoms with E-state index in [9.17, 15) is 4.39 Å². The molecule has 6 heteroatoms. The minimum Gasteiger partial charge on any atom is -0.249 e. The summed E-state index contributed by atoms with van der Waals surface area (Å²) in [5.74, 6) is -0.474. The van der Waals surface area contributed by atoms with E-state index in [4.69, 9.17) is 23.2 Å². The predicted octanol–water partition coefficient (Wildman–Crippen LogP) is 4.75. The molecular formula is C15H10Cl2FN3. The normalized spacial score (nSPS) is 11.1. The Morgan fingerprint density at radius 2 is 1.76 bits per heavy atom. The smallest absolute Gasteiger partial charge is 0.223 e. The van der Waals surface area contributed by atoms with Crippen molar-refractivity contribution in [1.82, 2.24) is 15.0 Å². The summed E-state index contributed by atoms with van der Waals surface area (Å²) in [5, 5.41) is 0.373. The number of fused-ring (bicyclic) bond motifs is 1. The molecule has 0 aliphatic heterocycles. The molecule has 0 unspecified atom stereocenters. The van der Waals surface area contributed by atoms with Crippen molar-refractivity contribution in [2.75, 3.05) is 0 Å². The first kappa shape index (κ1) is 14.2. The zero-order valence-electron chi connectivity index (χ0n) is 11.3. The Morgan fingerprint density at radius 1 is 1.00 bits per heavy atom. The Labute approximate surface area is 130 Å². The lowest BCUT2D eigenvalue weighted by molar-refractivity contribution is 0.631. The Kier molecular flexibility index (Phi) is 3.51. The number of nitrogens with zero attached hydrogens (tertiary/aromatic N) is 3. The van der Waals surface area contributed by atoms with Gasteiger partial charge < -0.3 is 0 Å². The van der Waals surface area contributed by atoms with E-state index >= 15 is 0 Å². The van der Waals surface area contributed by atoms with Crippen molar-refractivity contribution in [3.63, 3.8) is 0 Å². The zero-order valence-corrected chi connectivity index (χ0v) is 12.8. The molecule has 0 radical (unpaired) electrons. The van der Waals surface area contributed by atoms with Crippen molar-refractivity contribution in [3.8, 4) is 11.3 Å². The lowest BCUT2D eigenvalue weighted by Crippen LogP contribution is -1.98. The summed E-state index contributed by atoms with van der Waals surface area (Å²) in [6.07, 6.45) is 0. The molecule has 0 saturated heterocycles. The molecule has 0 atom stereocenters. The highest BCUT2D eigenvalue weighted by Gasteiger charge is 2.15. The molecule has 0 fully saturated rings.